The number of hydrogen-bond acceptors (Lipinski definition) is 3. The molecule has 0 aromatic heterocycles. The van der Waals surface area contributed by atoms with Crippen LogP contribution in [0.15, 0.2) is 28.7 Å². The third kappa shape index (κ3) is 5.14. The van der Waals surface area contributed by atoms with Gasteiger partial charge in [-0.2, -0.15) is 0 Å². The second-order valence-corrected chi connectivity index (χ2v) is 6.79. The summed E-state index contributed by atoms with van der Waals surface area (Å²) in [5.41, 5.74) is -0.273. The molecule has 0 spiro atoms. The van der Waals surface area contributed by atoms with Crippen LogP contribution in [0.1, 0.15) is 19.8 Å². The van der Waals surface area contributed by atoms with Gasteiger partial charge in [0, 0.05) is 18.1 Å². The normalized spacial score (nSPS) is 20.9. The summed E-state index contributed by atoms with van der Waals surface area (Å²) in [7, 11) is 1.85. The molecular weight excluding hydrogens is 368 g/mol. The molecule has 1 saturated heterocycles. The van der Waals surface area contributed by atoms with E-state index in [1.165, 1.54) is 0 Å². The zero-order valence-electron chi connectivity index (χ0n) is 13.1. The maximum Gasteiger partial charge on any atom is 0.229 e. The molecular formula is C16H24BrClN2O2. The van der Waals surface area contributed by atoms with Gasteiger partial charge in [0.1, 0.15) is 12.4 Å². The molecule has 0 radical (unpaired) electrons. The monoisotopic (exact) mass is 390 g/mol. The molecule has 0 aliphatic carbocycles. The van der Waals surface area contributed by atoms with E-state index in [2.05, 4.69) is 21.2 Å². The van der Waals surface area contributed by atoms with E-state index < -0.39 is 0 Å². The van der Waals surface area contributed by atoms with Crippen molar-refractivity contribution in [2.24, 2.45) is 5.41 Å². The molecule has 1 amide bonds. The third-order valence-corrected chi connectivity index (χ3v) is 4.50. The molecule has 1 unspecified atom stereocenters. The molecule has 1 aliphatic rings. The van der Waals surface area contributed by atoms with Crippen LogP contribution in [0.5, 0.6) is 5.75 Å². The predicted molar refractivity (Wildman–Crippen MR) is 94.7 cm³/mol. The summed E-state index contributed by atoms with van der Waals surface area (Å²) in [6, 6.07) is 7.72. The van der Waals surface area contributed by atoms with Gasteiger partial charge in [-0.05, 0) is 50.6 Å². The number of benzene rings is 1. The Bertz CT molecular complexity index is 476. The zero-order chi connectivity index (χ0) is 15.3. The molecule has 1 aromatic carbocycles. The summed E-state index contributed by atoms with van der Waals surface area (Å²) in [6.45, 7) is 4.94. The average molecular weight is 392 g/mol. The standard InChI is InChI=1S/C16H23BrN2O2.ClH/c1-16(8-3-9-18-12-16)15(20)19(2)10-11-21-14-6-4-13(17)5-7-14;/h4-7,18H,3,8-12H2,1-2H3;1H. The Balaban J connectivity index is 0.00000242. The van der Waals surface area contributed by atoms with Gasteiger partial charge in [-0.25, -0.2) is 0 Å². The summed E-state index contributed by atoms with van der Waals surface area (Å²) < 4.78 is 6.70. The van der Waals surface area contributed by atoms with Crippen molar-refractivity contribution in [3.05, 3.63) is 28.7 Å². The number of likely N-dealkylation sites (N-methyl/N-ethyl adjacent to an activating group) is 1. The number of rotatable bonds is 5. The topological polar surface area (TPSA) is 41.6 Å². The first-order valence-electron chi connectivity index (χ1n) is 7.36. The van der Waals surface area contributed by atoms with Gasteiger partial charge >= 0.3 is 0 Å². The molecule has 0 saturated carbocycles. The summed E-state index contributed by atoms with van der Waals surface area (Å²) in [6.07, 6.45) is 2.02. The minimum Gasteiger partial charge on any atom is -0.492 e. The SMILES string of the molecule is CN(CCOc1ccc(Br)cc1)C(=O)C1(C)CCCNC1.Cl. The Kier molecular flexibility index (Phi) is 7.66. The van der Waals surface area contributed by atoms with Crippen molar-refractivity contribution in [1.82, 2.24) is 10.2 Å². The minimum atomic E-state index is -0.273. The lowest BCUT2D eigenvalue weighted by Crippen LogP contribution is -2.49. The number of nitrogens with zero attached hydrogens (tertiary/aromatic N) is 1. The van der Waals surface area contributed by atoms with Gasteiger partial charge in [-0.15, -0.1) is 12.4 Å². The second-order valence-electron chi connectivity index (χ2n) is 5.87. The van der Waals surface area contributed by atoms with Gasteiger partial charge in [0.2, 0.25) is 5.91 Å². The molecule has 0 bridgehead atoms. The van der Waals surface area contributed by atoms with Crippen LogP contribution >= 0.6 is 28.3 Å². The van der Waals surface area contributed by atoms with E-state index in [1.54, 1.807) is 4.90 Å². The van der Waals surface area contributed by atoms with Gasteiger partial charge < -0.3 is 15.0 Å². The molecule has 1 aliphatic heterocycles. The van der Waals surface area contributed by atoms with Gasteiger partial charge in [0.05, 0.1) is 12.0 Å². The van der Waals surface area contributed by atoms with Crippen LogP contribution in [0, 0.1) is 5.41 Å². The van der Waals surface area contributed by atoms with Crippen LogP contribution in [-0.4, -0.2) is 44.1 Å². The van der Waals surface area contributed by atoms with Gasteiger partial charge in [0.25, 0.3) is 0 Å². The molecule has 124 valence electrons. The molecule has 1 aromatic rings. The summed E-state index contributed by atoms with van der Waals surface area (Å²) in [5, 5.41) is 3.32. The van der Waals surface area contributed by atoms with Crippen molar-refractivity contribution >= 4 is 34.2 Å². The molecule has 22 heavy (non-hydrogen) atoms. The highest BCUT2D eigenvalue weighted by molar-refractivity contribution is 9.10. The number of nitrogens with one attached hydrogen (secondary N) is 1. The highest BCUT2D eigenvalue weighted by Gasteiger charge is 2.36. The van der Waals surface area contributed by atoms with Gasteiger partial charge in [-0.1, -0.05) is 15.9 Å². The average Bonchev–Trinajstić information content (AvgIpc) is 2.49. The molecule has 1 fully saturated rings. The number of piperidine rings is 1. The quantitative estimate of drug-likeness (QED) is 0.838. The molecule has 1 N–H and O–H groups in total. The van der Waals surface area contributed by atoms with Crippen molar-refractivity contribution in [1.29, 1.82) is 0 Å². The van der Waals surface area contributed by atoms with E-state index in [4.69, 9.17) is 4.74 Å². The van der Waals surface area contributed by atoms with E-state index in [0.29, 0.717) is 13.2 Å². The fourth-order valence-electron chi connectivity index (χ4n) is 2.63. The lowest BCUT2D eigenvalue weighted by molar-refractivity contribution is -0.141. The molecule has 4 nitrogen and oxygen atoms in total. The number of hydrogen-bond donors (Lipinski definition) is 1. The molecule has 1 atom stereocenters. The Hall–Kier alpha value is -0.780. The van der Waals surface area contributed by atoms with Crippen molar-refractivity contribution in [3.63, 3.8) is 0 Å². The second kappa shape index (κ2) is 8.75. The lowest BCUT2D eigenvalue weighted by atomic mass is 9.81. The highest BCUT2D eigenvalue weighted by atomic mass is 79.9. The molecule has 2 rings (SSSR count). The van der Waals surface area contributed by atoms with Crippen molar-refractivity contribution < 1.29 is 9.53 Å². The van der Waals surface area contributed by atoms with Crippen molar-refractivity contribution in [3.8, 4) is 5.75 Å². The zero-order valence-corrected chi connectivity index (χ0v) is 15.5. The van der Waals surface area contributed by atoms with Crippen LogP contribution in [0.3, 0.4) is 0 Å². The first-order valence-corrected chi connectivity index (χ1v) is 8.15. The first-order chi connectivity index (χ1) is 10.0. The summed E-state index contributed by atoms with van der Waals surface area (Å²) in [4.78, 5) is 14.3. The Morgan fingerprint density at radius 3 is 2.68 bits per heavy atom. The number of amides is 1. The maximum atomic E-state index is 12.5. The van der Waals surface area contributed by atoms with Crippen LogP contribution in [0.2, 0.25) is 0 Å². The van der Waals surface area contributed by atoms with Crippen molar-refractivity contribution in [2.45, 2.75) is 19.8 Å². The molecule has 6 heteroatoms. The number of ether oxygens (including phenoxy) is 1. The number of halogens is 2. The van der Waals surface area contributed by atoms with E-state index in [0.717, 1.165) is 36.2 Å². The number of carbonyl (C=O) groups is 1. The highest BCUT2D eigenvalue weighted by Crippen LogP contribution is 2.27. The predicted octanol–water partition coefficient (Wildman–Crippen LogP) is 3.10. The Labute approximate surface area is 147 Å². The van der Waals surface area contributed by atoms with E-state index in [-0.39, 0.29) is 23.7 Å². The Morgan fingerprint density at radius 2 is 2.09 bits per heavy atom. The Morgan fingerprint density at radius 1 is 1.41 bits per heavy atom. The molecule has 1 heterocycles. The van der Waals surface area contributed by atoms with E-state index in [1.807, 2.05) is 38.2 Å². The maximum absolute atomic E-state index is 12.5. The third-order valence-electron chi connectivity index (χ3n) is 3.97. The van der Waals surface area contributed by atoms with E-state index >= 15 is 0 Å². The number of carbonyl (C=O) groups excluding carboxylic acids is 1. The van der Waals surface area contributed by atoms with Crippen molar-refractivity contribution in [2.75, 3.05) is 33.3 Å². The van der Waals surface area contributed by atoms with Crippen LogP contribution in [0.25, 0.3) is 0 Å². The lowest BCUT2D eigenvalue weighted by Gasteiger charge is -2.36. The minimum absolute atomic E-state index is 0. The van der Waals surface area contributed by atoms with Crippen LogP contribution in [-0.2, 0) is 4.79 Å². The summed E-state index contributed by atoms with van der Waals surface area (Å²) in [5.74, 6) is 1.03. The van der Waals surface area contributed by atoms with E-state index in [9.17, 15) is 4.79 Å². The van der Waals surface area contributed by atoms with Gasteiger partial charge in [-0.3, -0.25) is 4.79 Å². The van der Waals surface area contributed by atoms with Crippen LogP contribution in [0.4, 0.5) is 0 Å². The fourth-order valence-corrected chi connectivity index (χ4v) is 2.90. The first kappa shape index (κ1) is 19.3. The smallest absolute Gasteiger partial charge is 0.229 e. The van der Waals surface area contributed by atoms with Crippen LogP contribution < -0.4 is 10.1 Å². The summed E-state index contributed by atoms with van der Waals surface area (Å²) >= 11 is 3.39. The largest absolute Gasteiger partial charge is 0.492 e. The fraction of sp³-hybridized carbons (Fsp3) is 0.562. The van der Waals surface area contributed by atoms with Gasteiger partial charge in [0.15, 0.2) is 0 Å².